The highest BCUT2D eigenvalue weighted by Crippen LogP contribution is 2.39. The quantitative estimate of drug-likeness (QED) is 0.279. The number of hydrogen-bond acceptors (Lipinski definition) is 7. The molecule has 4 aromatic rings. The minimum atomic E-state index is -1.25. The number of benzene rings is 1. The Bertz CT molecular complexity index is 1690. The average Bonchev–Trinajstić information content (AvgIpc) is 3.31. The Kier molecular flexibility index (Phi) is 8.18. The van der Waals surface area contributed by atoms with E-state index in [-0.39, 0.29) is 27.9 Å². The van der Waals surface area contributed by atoms with Crippen LogP contribution in [0.3, 0.4) is 0 Å². The summed E-state index contributed by atoms with van der Waals surface area (Å²) in [5.41, 5.74) is 2.87. The van der Waals surface area contributed by atoms with Gasteiger partial charge in [-0.2, -0.15) is 10.4 Å². The Morgan fingerprint density at radius 1 is 1.23 bits per heavy atom. The SMILES string of the molecule is COc1cnc(C#N)cc1-n1nc(C(=O)O)c(C(Nc2cc(Cl)c(=O)n(C)c2)c2ccc(Cl)cc2C)c1C(C)C. The van der Waals surface area contributed by atoms with E-state index in [1.54, 1.807) is 25.4 Å². The monoisotopic (exact) mass is 580 g/mol. The van der Waals surface area contributed by atoms with Crippen LogP contribution in [0.5, 0.6) is 5.75 Å². The van der Waals surface area contributed by atoms with E-state index < -0.39 is 12.0 Å². The number of pyridine rings is 2. The summed E-state index contributed by atoms with van der Waals surface area (Å²) in [5, 5.41) is 28.3. The number of carbonyl (C=O) groups is 1. The highest BCUT2D eigenvalue weighted by molar-refractivity contribution is 6.31. The van der Waals surface area contributed by atoms with E-state index in [0.29, 0.717) is 33.4 Å². The Hall–Kier alpha value is -4.33. The van der Waals surface area contributed by atoms with Crippen LogP contribution in [0.15, 0.2) is 47.5 Å². The molecule has 12 heteroatoms. The van der Waals surface area contributed by atoms with Crippen LogP contribution >= 0.6 is 23.2 Å². The summed E-state index contributed by atoms with van der Waals surface area (Å²) in [5.74, 6) is -1.18. The van der Waals surface area contributed by atoms with Crippen molar-refractivity contribution in [3.63, 3.8) is 0 Å². The lowest BCUT2D eigenvalue weighted by atomic mass is 9.90. The smallest absolute Gasteiger partial charge is 0.356 e. The van der Waals surface area contributed by atoms with Crippen LogP contribution in [0.1, 0.15) is 64.4 Å². The first-order chi connectivity index (χ1) is 19.0. The van der Waals surface area contributed by atoms with E-state index in [2.05, 4.69) is 15.4 Å². The normalized spacial score (nSPS) is 11.8. The molecule has 0 amide bonds. The molecule has 0 aliphatic heterocycles. The molecule has 0 spiro atoms. The predicted octanol–water partition coefficient (Wildman–Crippen LogP) is 5.48. The number of aromatic nitrogens is 4. The maximum Gasteiger partial charge on any atom is 0.356 e. The summed E-state index contributed by atoms with van der Waals surface area (Å²) in [6.45, 7) is 5.70. The van der Waals surface area contributed by atoms with Gasteiger partial charge in [-0.1, -0.05) is 43.1 Å². The van der Waals surface area contributed by atoms with Crippen molar-refractivity contribution in [3.8, 4) is 17.5 Å². The fraction of sp³-hybridized carbons (Fsp3) is 0.250. The number of aryl methyl sites for hydroxylation is 2. The molecule has 0 aliphatic carbocycles. The van der Waals surface area contributed by atoms with Gasteiger partial charge in [0, 0.05) is 29.9 Å². The number of nitriles is 1. The van der Waals surface area contributed by atoms with E-state index >= 15 is 0 Å². The van der Waals surface area contributed by atoms with Gasteiger partial charge in [0.25, 0.3) is 5.56 Å². The fourth-order valence-electron chi connectivity index (χ4n) is 4.63. The Labute approximate surface area is 240 Å². The second-order valence-electron chi connectivity index (χ2n) is 9.44. The van der Waals surface area contributed by atoms with Crippen LogP contribution in [0.25, 0.3) is 5.69 Å². The standard InChI is InChI=1S/C28H26Cl2N6O4/c1-14(2)26-23(25(28(38)39)34-36(26)21-10-17(11-31)32-12-22(21)40-5)24(19-7-6-16(29)8-15(19)3)33-18-9-20(30)27(37)35(4)13-18/h6-10,12-14,24,33H,1-5H3,(H,38,39). The number of rotatable bonds is 8. The molecule has 0 bridgehead atoms. The van der Waals surface area contributed by atoms with Crippen LogP contribution in [0.4, 0.5) is 5.69 Å². The van der Waals surface area contributed by atoms with Gasteiger partial charge in [0.05, 0.1) is 30.7 Å². The number of aromatic carboxylic acids is 1. The van der Waals surface area contributed by atoms with Crippen molar-refractivity contribution in [1.29, 1.82) is 5.26 Å². The molecule has 4 rings (SSSR count). The van der Waals surface area contributed by atoms with E-state index in [4.69, 9.17) is 27.9 Å². The van der Waals surface area contributed by atoms with Crippen molar-refractivity contribution < 1.29 is 14.6 Å². The van der Waals surface area contributed by atoms with Gasteiger partial charge in [-0.15, -0.1) is 0 Å². The van der Waals surface area contributed by atoms with Gasteiger partial charge in [-0.25, -0.2) is 14.5 Å². The van der Waals surface area contributed by atoms with Gasteiger partial charge in [0.15, 0.2) is 11.4 Å². The molecule has 206 valence electrons. The Balaban J connectivity index is 2.09. The topological polar surface area (TPSA) is 135 Å². The molecule has 0 radical (unpaired) electrons. The second kappa shape index (κ2) is 11.4. The fourth-order valence-corrected chi connectivity index (χ4v) is 5.10. The van der Waals surface area contributed by atoms with Crippen molar-refractivity contribution in [2.45, 2.75) is 32.7 Å². The van der Waals surface area contributed by atoms with Crippen LogP contribution in [0.2, 0.25) is 10.0 Å². The number of anilines is 1. The average molecular weight is 581 g/mol. The van der Waals surface area contributed by atoms with Crippen LogP contribution in [-0.2, 0) is 7.05 Å². The number of carboxylic acids is 1. The van der Waals surface area contributed by atoms with Crippen molar-refractivity contribution in [2.75, 3.05) is 12.4 Å². The molecule has 3 aromatic heterocycles. The number of nitrogens with one attached hydrogen (secondary N) is 1. The highest BCUT2D eigenvalue weighted by atomic mass is 35.5. The molecule has 0 saturated carbocycles. The lowest BCUT2D eigenvalue weighted by molar-refractivity contribution is 0.0688. The molecule has 3 heterocycles. The molecule has 1 atom stereocenters. The largest absolute Gasteiger partial charge is 0.493 e. The second-order valence-corrected chi connectivity index (χ2v) is 10.3. The van der Waals surface area contributed by atoms with Crippen LogP contribution in [-0.4, -0.2) is 37.5 Å². The van der Waals surface area contributed by atoms with Crippen molar-refractivity contribution in [2.24, 2.45) is 7.05 Å². The Morgan fingerprint density at radius 2 is 1.95 bits per heavy atom. The van der Waals surface area contributed by atoms with Crippen molar-refractivity contribution >= 4 is 34.9 Å². The molecule has 40 heavy (non-hydrogen) atoms. The number of hydrogen-bond donors (Lipinski definition) is 2. The zero-order valence-electron chi connectivity index (χ0n) is 22.4. The maximum atomic E-state index is 12.7. The number of nitrogens with zero attached hydrogens (tertiary/aromatic N) is 5. The number of halogens is 2. The van der Waals surface area contributed by atoms with Gasteiger partial charge in [0.2, 0.25) is 0 Å². The summed E-state index contributed by atoms with van der Waals surface area (Å²) in [7, 11) is 3.03. The maximum absolute atomic E-state index is 12.7. The molecule has 0 fully saturated rings. The van der Waals surface area contributed by atoms with Gasteiger partial charge in [-0.05, 0) is 42.2 Å². The highest BCUT2D eigenvalue weighted by Gasteiger charge is 2.33. The zero-order valence-corrected chi connectivity index (χ0v) is 23.9. The van der Waals surface area contributed by atoms with Crippen molar-refractivity contribution in [3.05, 3.63) is 96.9 Å². The van der Waals surface area contributed by atoms with E-state index in [1.165, 1.54) is 34.7 Å². The molecule has 0 saturated heterocycles. The third kappa shape index (κ3) is 5.39. The van der Waals surface area contributed by atoms with Gasteiger partial charge in [0.1, 0.15) is 22.5 Å². The van der Waals surface area contributed by atoms with Crippen LogP contribution in [0, 0.1) is 18.3 Å². The minimum Gasteiger partial charge on any atom is -0.493 e. The summed E-state index contributed by atoms with van der Waals surface area (Å²) in [4.78, 5) is 29.0. The lowest BCUT2D eigenvalue weighted by Crippen LogP contribution is -2.21. The molecule has 1 aromatic carbocycles. The van der Waals surface area contributed by atoms with Gasteiger partial charge in [-0.3, -0.25) is 4.79 Å². The number of methoxy groups -OCH3 is 1. The van der Waals surface area contributed by atoms with Gasteiger partial charge < -0.3 is 19.7 Å². The predicted molar refractivity (Wildman–Crippen MR) is 152 cm³/mol. The zero-order chi connectivity index (χ0) is 29.3. The third-order valence-corrected chi connectivity index (χ3v) is 6.91. The molecule has 1 unspecified atom stereocenters. The van der Waals surface area contributed by atoms with E-state index in [9.17, 15) is 20.0 Å². The first kappa shape index (κ1) is 28.7. The van der Waals surface area contributed by atoms with Crippen LogP contribution < -0.4 is 15.6 Å². The molecular formula is C28H26Cl2N6O4. The van der Waals surface area contributed by atoms with E-state index in [1.807, 2.05) is 32.9 Å². The summed E-state index contributed by atoms with van der Waals surface area (Å²) < 4.78 is 8.32. The number of carboxylic acid groups (broad SMARTS) is 1. The summed E-state index contributed by atoms with van der Waals surface area (Å²) >= 11 is 12.5. The molecule has 10 nitrogen and oxygen atoms in total. The molecular weight excluding hydrogens is 555 g/mol. The number of ether oxygens (including phenoxy) is 1. The van der Waals surface area contributed by atoms with Gasteiger partial charge >= 0.3 is 5.97 Å². The lowest BCUT2D eigenvalue weighted by Gasteiger charge is -2.25. The molecule has 2 N–H and O–H groups in total. The summed E-state index contributed by atoms with van der Waals surface area (Å²) in [6.07, 6.45) is 2.98. The summed E-state index contributed by atoms with van der Waals surface area (Å²) in [6, 6.07) is 9.55. The first-order valence-corrected chi connectivity index (χ1v) is 12.9. The first-order valence-electron chi connectivity index (χ1n) is 12.2. The minimum absolute atomic E-state index is 0.00266. The third-order valence-electron chi connectivity index (χ3n) is 6.40. The molecule has 0 aliphatic rings. The van der Waals surface area contributed by atoms with Crippen molar-refractivity contribution in [1.82, 2.24) is 19.3 Å². The Morgan fingerprint density at radius 3 is 2.52 bits per heavy atom. The van der Waals surface area contributed by atoms with E-state index in [0.717, 1.165) is 11.1 Å².